The van der Waals surface area contributed by atoms with Crippen molar-refractivity contribution in [3.63, 3.8) is 0 Å². The molecule has 1 heterocycles. The lowest BCUT2D eigenvalue weighted by Gasteiger charge is -2.33. The van der Waals surface area contributed by atoms with Gasteiger partial charge in [-0.3, -0.25) is 4.79 Å². The van der Waals surface area contributed by atoms with Gasteiger partial charge in [0.05, 0.1) is 12.7 Å². The number of ether oxygens (including phenoxy) is 1. The maximum atomic E-state index is 12.8. The molecular weight excluding hydrogens is 252 g/mol. The van der Waals surface area contributed by atoms with E-state index in [1.165, 1.54) is 5.56 Å². The first kappa shape index (κ1) is 15.0. The summed E-state index contributed by atoms with van der Waals surface area (Å²) in [5, 5.41) is 3.10. The molecule has 1 amide bonds. The third-order valence-electron chi connectivity index (χ3n) is 3.75. The summed E-state index contributed by atoms with van der Waals surface area (Å²) in [6.45, 7) is 8.80. The molecule has 0 saturated carbocycles. The van der Waals surface area contributed by atoms with Crippen LogP contribution in [0.25, 0.3) is 0 Å². The highest BCUT2D eigenvalue weighted by Crippen LogP contribution is 2.19. The van der Waals surface area contributed by atoms with E-state index in [-0.39, 0.29) is 12.0 Å². The summed E-state index contributed by atoms with van der Waals surface area (Å²) in [7, 11) is 1.90. The normalized spacial score (nSPS) is 19.2. The van der Waals surface area contributed by atoms with Crippen molar-refractivity contribution in [2.45, 2.75) is 26.9 Å². The lowest BCUT2D eigenvalue weighted by atomic mass is 9.98. The van der Waals surface area contributed by atoms with Gasteiger partial charge in [-0.25, -0.2) is 0 Å². The summed E-state index contributed by atoms with van der Waals surface area (Å²) in [4.78, 5) is 14.7. The molecule has 1 aliphatic rings. The average Bonchev–Trinajstić information content (AvgIpc) is 2.38. The molecule has 0 spiro atoms. The van der Waals surface area contributed by atoms with Crippen LogP contribution in [0.3, 0.4) is 0 Å². The van der Waals surface area contributed by atoms with Gasteiger partial charge in [-0.15, -0.1) is 0 Å². The molecule has 1 aromatic rings. The smallest absolute Gasteiger partial charge is 0.254 e. The van der Waals surface area contributed by atoms with Gasteiger partial charge in [-0.1, -0.05) is 17.7 Å². The van der Waals surface area contributed by atoms with E-state index in [2.05, 4.69) is 24.4 Å². The van der Waals surface area contributed by atoms with Crippen LogP contribution >= 0.6 is 0 Å². The fourth-order valence-corrected chi connectivity index (χ4v) is 2.93. The first-order chi connectivity index (χ1) is 9.52. The molecule has 110 valence electrons. The zero-order valence-corrected chi connectivity index (χ0v) is 12.8. The number of carbonyl (C=O) groups excluding carboxylic acids is 1. The molecule has 1 unspecified atom stereocenters. The van der Waals surface area contributed by atoms with Crippen LogP contribution < -0.4 is 5.32 Å². The Bertz CT molecular complexity index is 474. The number of aryl methyl sites for hydroxylation is 3. The quantitative estimate of drug-likeness (QED) is 0.913. The molecule has 1 saturated heterocycles. The summed E-state index contributed by atoms with van der Waals surface area (Å²) in [6, 6.07) is 4.15. The SMILES string of the molecule is CNCC1CN(C(=O)c2c(C)cc(C)cc2C)CCO1. The van der Waals surface area contributed by atoms with Crippen LogP contribution in [0.1, 0.15) is 27.0 Å². The molecule has 4 heteroatoms. The van der Waals surface area contributed by atoms with Gasteiger partial charge in [-0.2, -0.15) is 0 Å². The van der Waals surface area contributed by atoms with Gasteiger partial charge >= 0.3 is 0 Å². The Morgan fingerprint density at radius 1 is 1.35 bits per heavy atom. The number of rotatable bonds is 3. The van der Waals surface area contributed by atoms with E-state index in [0.29, 0.717) is 19.7 Å². The molecule has 0 aliphatic carbocycles. The second-order valence-electron chi connectivity index (χ2n) is 5.58. The zero-order chi connectivity index (χ0) is 14.7. The van der Waals surface area contributed by atoms with Crippen LogP contribution in [0.5, 0.6) is 0 Å². The van der Waals surface area contributed by atoms with Crippen molar-refractivity contribution in [1.29, 1.82) is 0 Å². The van der Waals surface area contributed by atoms with Gasteiger partial charge in [0, 0.05) is 25.2 Å². The minimum Gasteiger partial charge on any atom is -0.373 e. The summed E-state index contributed by atoms with van der Waals surface area (Å²) >= 11 is 0. The van der Waals surface area contributed by atoms with Crippen LogP contribution in [0.2, 0.25) is 0 Å². The standard InChI is InChI=1S/C16H24N2O2/c1-11-7-12(2)15(13(3)8-11)16(19)18-5-6-20-14(10-18)9-17-4/h7-8,14,17H,5-6,9-10H2,1-4H3. The van der Waals surface area contributed by atoms with Crippen molar-refractivity contribution in [3.8, 4) is 0 Å². The van der Waals surface area contributed by atoms with E-state index in [4.69, 9.17) is 4.74 Å². The van der Waals surface area contributed by atoms with E-state index in [1.807, 2.05) is 25.8 Å². The predicted octanol–water partition coefficient (Wildman–Crippen LogP) is 1.67. The number of hydrogen-bond donors (Lipinski definition) is 1. The molecule has 0 radical (unpaired) electrons. The number of benzene rings is 1. The van der Waals surface area contributed by atoms with Gasteiger partial charge in [-0.05, 0) is 38.9 Å². The number of hydrogen-bond acceptors (Lipinski definition) is 3. The largest absolute Gasteiger partial charge is 0.373 e. The Hall–Kier alpha value is -1.39. The molecule has 1 N–H and O–H groups in total. The third-order valence-corrected chi connectivity index (χ3v) is 3.75. The van der Waals surface area contributed by atoms with Crippen LogP contribution in [0, 0.1) is 20.8 Å². The monoisotopic (exact) mass is 276 g/mol. The van der Waals surface area contributed by atoms with Crippen LogP contribution in [0.15, 0.2) is 12.1 Å². The van der Waals surface area contributed by atoms with Crippen LogP contribution in [-0.4, -0.2) is 50.2 Å². The van der Waals surface area contributed by atoms with Crippen molar-refractivity contribution >= 4 is 5.91 Å². The number of nitrogens with one attached hydrogen (secondary N) is 1. The number of carbonyl (C=O) groups is 1. The van der Waals surface area contributed by atoms with E-state index in [1.54, 1.807) is 0 Å². The molecule has 1 fully saturated rings. The van der Waals surface area contributed by atoms with Crippen molar-refractivity contribution in [2.75, 3.05) is 33.3 Å². The zero-order valence-electron chi connectivity index (χ0n) is 12.8. The summed E-state index contributed by atoms with van der Waals surface area (Å²) < 4.78 is 5.66. The topological polar surface area (TPSA) is 41.6 Å². The number of likely N-dealkylation sites (N-methyl/N-ethyl adjacent to an activating group) is 1. The number of amides is 1. The molecule has 0 aromatic heterocycles. The van der Waals surface area contributed by atoms with Gasteiger partial charge in [0.25, 0.3) is 5.91 Å². The summed E-state index contributed by atoms with van der Waals surface area (Å²) in [5.74, 6) is 0.129. The maximum Gasteiger partial charge on any atom is 0.254 e. The lowest BCUT2D eigenvalue weighted by Crippen LogP contribution is -2.48. The Morgan fingerprint density at radius 3 is 2.60 bits per heavy atom. The lowest BCUT2D eigenvalue weighted by molar-refractivity contribution is -0.0196. The fourth-order valence-electron chi connectivity index (χ4n) is 2.93. The Labute approximate surface area is 121 Å². The van der Waals surface area contributed by atoms with Crippen LogP contribution in [0.4, 0.5) is 0 Å². The number of nitrogens with zero attached hydrogens (tertiary/aromatic N) is 1. The highest BCUT2D eigenvalue weighted by Gasteiger charge is 2.26. The van der Waals surface area contributed by atoms with Gasteiger partial charge in [0.15, 0.2) is 0 Å². The fraction of sp³-hybridized carbons (Fsp3) is 0.562. The van der Waals surface area contributed by atoms with Gasteiger partial charge in [0.1, 0.15) is 0 Å². The van der Waals surface area contributed by atoms with Gasteiger partial charge < -0.3 is 15.0 Å². The van der Waals surface area contributed by atoms with Crippen molar-refractivity contribution < 1.29 is 9.53 Å². The molecule has 0 bridgehead atoms. The average molecular weight is 276 g/mol. The Kier molecular flexibility index (Phi) is 4.78. The van der Waals surface area contributed by atoms with Gasteiger partial charge in [0.2, 0.25) is 0 Å². The molecule has 1 aromatic carbocycles. The molecule has 2 rings (SSSR count). The first-order valence-corrected chi connectivity index (χ1v) is 7.16. The second kappa shape index (κ2) is 6.37. The van der Waals surface area contributed by atoms with E-state index in [9.17, 15) is 4.79 Å². The molecule has 20 heavy (non-hydrogen) atoms. The highest BCUT2D eigenvalue weighted by molar-refractivity contribution is 5.97. The highest BCUT2D eigenvalue weighted by atomic mass is 16.5. The second-order valence-corrected chi connectivity index (χ2v) is 5.58. The third kappa shape index (κ3) is 3.19. The Morgan fingerprint density at radius 2 is 2.00 bits per heavy atom. The molecule has 4 nitrogen and oxygen atoms in total. The predicted molar refractivity (Wildman–Crippen MR) is 80.2 cm³/mol. The van der Waals surface area contributed by atoms with E-state index >= 15 is 0 Å². The van der Waals surface area contributed by atoms with Crippen molar-refractivity contribution in [1.82, 2.24) is 10.2 Å². The minimum absolute atomic E-state index is 0.0868. The van der Waals surface area contributed by atoms with Crippen molar-refractivity contribution in [3.05, 3.63) is 34.4 Å². The summed E-state index contributed by atoms with van der Waals surface area (Å²) in [5.41, 5.74) is 4.17. The maximum absolute atomic E-state index is 12.8. The summed E-state index contributed by atoms with van der Waals surface area (Å²) in [6.07, 6.45) is 0.0868. The van der Waals surface area contributed by atoms with E-state index in [0.717, 1.165) is 23.2 Å². The first-order valence-electron chi connectivity index (χ1n) is 7.16. The van der Waals surface area contributed by atoms with Crippen LogP contribution in [-0.2, 0) is 4.74 Å². The minimum atomic E-state index is 0.0868. The van der Waals surface area contributed by atoms with Crippen molar-refractivity contribution in [2.24, 2.45) is 0 Å². The molecular formula is C16H24N2O2. The Balaban J connectivity index is 2.19. The molecule has 1 atom stereocenters. The molecule has 1 aliphatic heterocycles. The number of morpholine rings is 1. The van der Waals surface area contributed by atoms with E-state index < -0.39 is 0 Å².